The highest BCUT2D eigenvalue weighted by Gasteiger charge is 2.44. The van der Waals surface area contributed by atoms with E-state index in [0.29, 0.717) is 6.42 Å². The van der Waals surface area contributed by atoms with Crippen LogP contribution in [0.5, 0.6) is 0 Å². The molecule has 0 saturated heterocycles. The number of halogens is 1. The molecule has 2 aromatic carbocycles. The number of sulfonamides is 1. The standard InChI is InChI=1S/C25H21FN4O3S/c1-15-12-27-13-17-2-6-19(10-21(15)17)29-25(31)23-11-22(23)16-3-7-20(8-4-16)34(32,33)30-24-9-5-18(26)14-28-24/h2-10,12-14,22-23H,11H2,1H3,(H,28,30)(H,29,31)/t22-,23+/m0/s1. The van der Waals surface area contributed by atoms with Gasteiger partial charge in [0.05, 0.1) is 11.1 Å². The molecular formula is C25H21FN4O3S. The molecule has 9 heteroatoms. The molecule has 1 aliphatic carbocycles. The second-order valence-corrected chi connectivity index (χ2v) is 10.0. The number of fused-ring (bicyclic) bond motifs is 1. The number of nitrogens with zero attached hydrogens (tertiary/aromatic N) is 2. The van der Waals surface area contributed by atoms with Crippen LogP contribution in [0.25, 0.3) is 10.8 Å². The highest BCUT2D eigenvalue weighted by molar-refractivity contribution is 7.92. The molecule has 2 heterocycles. The van der Waals surface area contributed by atoms with Gasteiger partial charge in [-0.15, -0.1) is 0 Å². The Balaban J connectivity index is 1.24. The Kier molecular flexibility index (Phi) is 5.49. The predicted molar refractivity (Wildman–Crippen MR) is 127 cm³/mol. The van der Waals surface area contributed by atoms with Gasteiger partial charge in [0.15, 0.2) is 0 Å². The van der Waals surface area contributed by atoms with E-state index in [1.807, 2.05) is 25.1 Å². The maximum absolute atomic E-state index is 13.0. The van der Waals surface area contributed by atoms with Crippen molar-refractivity contribution in [1.29, 1.82) is 0 Å². The number of nitrogens with one attached hydrogen (secondary N) is 2. The summed E-state index contributed by atoms with van der Waals surface area (Å²) < 4.78 is 40.4. The SMILES string of the molecule is Cc1cncc2ccc(NC(=O)[C@@H]3C[C@H]3c3ccc(S(=O)(=O)Nc4ccc(F)cn4)cc3)cc12. The van der Waals surface area contributed by atoms with Crippen molar-refractivity contribution in [2.24, 2.45) is 5.92 Å². The zero-order chi connectivity index (χ0) is 23.9. The molecule has 7 nitrogen and oxygen atoms in total. The van der Waals surface area contributed by atoms with Crippen molar-refractivity contribution in [3.63, 3.8) is 0 Å². The van der Waals surface area contributed by atoms with Crippen molar-refractivity contribution in [2.45, 2.75) is 24.2 Å². The third-order valence-corrected chi connectivity index (χ3v) is 7.31. The minimum absolute atomic E-state index is 0.0320. The molecule has 0 bridgehead atoms. The number of rotatable bonds is 6. The summed E-state index contributed by atoms with van der Waals surface area (Å²) in [5.41, 5.74) is 2.68. The van der Waals surface area contributed by atoms with Crippen molar-refractivity contribution in [1.82, 2.24) is 9.97 Å². The minimum atomic E-state index is -3.86. The number of benzene rings is 2. The summed E-state index contributed by atoms with van der Waals surface area (Å²) in [7, 11) is -3.86. The van der Waals surface area contributed by atoms with Crippen LogP contribution in [0, 0.1) is 18.7 Å². The highest BCUT2D eigenvalue weighted by Crippen LogP contribution is 2.48. The highest BCUT2D eigenvalue weighted by atomic mass is 32.2. The van der Waals surface area contributed by atoms with E-state index in [4.69, 9.17) is 0 Å². The second kappa shape index (κ2) is 8.49. The average molecular weight is 477 g/mol. The van der Waals surface area contributed by atoms with Crippen LogP contribution >= 0.6 is 0 Å². The van der Waals surface area contributed by atoms with E-state index in [1.165, 1.54) is 18.2 Å². The van der Waals surface area contributed by atoms with Crippen LogP contribution in [-0.2, 0) is 14.8 Å². The van der Waals surface area contributed by atoms with Gasteiger partial charge >= 0.3 is 0 Å². The van der Waals surface area contributed by atoms with Gasteiger partial charge in [-0.25, -0.2) is 17.8 Å². The zero-order valence-corrected chi connectivity index (χ0v) is 19.0. The summed E-state index contributed by atoms with van der Waals surface area (Å²) in [5.74, 6) is -0.710. The predicted octanol–water partition coefficient (Wildman–Crippen LogP) is 4.62. The van der Waals surface area contributed by atoms with Gasteiger partial charge in [0, 0.05) is 29.4 Å². The molecule has 172 valence electrons. The summed E-state index contributed by atoms with van der Waals surface area (Å²) in [6.07, 6.45) is 5.22. The number of carbonyl (C=O) groups excluding carboxylic acids is 1. The molecular weight excluding hydrogens is 455 g/mol. The van der Waals surface area contributed by atoms with Gasteiger partial charge in [-0.05, 0) is 72.2 Å². The van der Waals surface area contributed by atoms with Gasteiger partial charge in [-0.2, -0.15) is 0 Å². The molecule has 0 spiro atoms. The number of anilines is 2. The summed E-state index contributed by atoms with van der Waals surface area (Å²) >= 11 is 0. The largest absolute Gasteiger partial charge is 0.326 e. The Morgan fingerprint density at radius 2 is 1.82 bits per heavy atom. The molecule has 1 amide bonds. The van der Waals surface area contributed by atoms with E-state index in [-0.39, 0.29) is 28.5 Å². The lowest BCUT2D eigenvalue weighted by atomic mass is 10.1. The van der Waals surface area contributed by atoms with E-state index in [9.17, 15) is 17.6 Å². The van der Waals surface area contributed by atoms with Crippen LogP contribution in [0.2, 0.25) is 0 Å². The summed E-state index contributed by atoms with van der Waals surface area (Å²) in [5, 5.41) is 5.05. The van der Waals surface area contributed by atoms with Gasteiger partial charge in [0.2, 0.25) is 5.91 Å². The van der Waals surface area contributed by atoms with Crippen molar-refractivity contribution < 1.29 is 17.6 Å². The minimum Gasteiger partial charge on any atom is -0.326 e. The number of carbonyl (C=O) groups is 1. The van der Waals surface area contributed by atoms with Crippen molar-refractivity contribution in [3.8, 4) is 0 Å². The van der Waals surface area contributed by atoms with Crippen LogP contribution < -0.4 is 10.0 Å². The lowest BCUT2D eigenvalue weighted by Gasteiger charge is -2.09. The van der Waals surface area contributed by atoms with E-state index < -0.39 is 15.8 Å². The molecule has 0 unspecified atom stereocenters. The van der Waals surface area contributed by atoms with Gasteiger partial charge in [-0.3, -0.25) is 14.5 Å². The molecule has 0 aliphatic heterocycles. The molecule has 2 aromatic heterocycles. The number of aryl methyl sites for hydroxylation is 1. The quantitative estimate of drug-likeness (QED) is 0.423. The first-order chi connectivity index (χ1) is 16.3. The van der Waals surface area contributed by atoms with Crippen LogP contribution in [0.4, 0.5) is 15.9 Å². The fourth-order valence-electron chi connectivity index (χ4n) is 4.00. The fourth-order valence-corrected chi connectivity index (χ4v) is 5.01. The van der Waals surface area contributed by atoms with E-state index in [1.54, 1.807) is 24.5 Å². The zero-order valence-electron chi connectivity index (χ0n) is 18.2. The molecule has 2 N–H and O–H groups in total. The topological polar surface area (TPSA) is 101 Å². The number of amides is 1. The average Bonchev–Trinajstić information content (AvgIpc) is 3.62. The molecule has 4 aromatic rings. The first-order valence-electron chi connectivity index (χ1n) is 10.7. The molecule has 1 aliphatic rings. The normalized spacial score (nSPS) is 17.4. The molecule has 1 saturated carbocycles. The van der Waals surface area contributed by atoms with Crippen LogP contribution in [0.3, 0.4) is 0 Å². The Labute approximate surface area is 196 Å². The number of hydrogen-bond donors (Lipinski definition) is 2. The van der Waals surface area contributed by atoms with Gasteiger partial charge in [-0.1, -0.05) is 18.2 Å². The first-order valence-corrected chi connectivity index (χ1v) is 12.2. The lowest BCUT2D eigenvalue weighted by molar-refractivity contribution is -0.117. The Bertz CT molecular complexity index is 1490. The number of pyridine rings is 2. The summed E-state index contributed by atoms with van der Waals surface area (Å²) in [6.45, 7) is 1.98. The molecule has 34 heavy (non-hydrogen) atoms. The molecule has 1 fully saturated rings. The third-order valence-electron chi connectivity index (χ3n) is 5.94. The molecule has 5 rings (SSSR count). The van der Waals surface area contributed by atoms with Crippen molar-refractivity contribution in [3.05, 3.63) is 90.1 Å². The van der Waals surface area contributed by atoms with Crippen molar-refractivity contribution in [2.75, 3.05) is 10.0 Å². The van der Waals surface area contributed by atoms with Crippen LogP contribution in [0.15, 0.2) is 78.1 Å². The lowest BCUT2D eigenvalue weighted by Crippen LogP contribution is -2.15. The van der Waals surface area contributed by atoms with E-state index in [0.717, 1.165) is 39.8 Å². The van der Waals surface area contributed by atoms with Crippen LogP contribution in [-0.4, -0.2) is 24.3 Å². The van der Waals surface area contributed by atoms with Gasteiger partial charge in [0.1, 0.15) is 11.6 Å². The smallest absolute Gasteiger partial charge is 0.263 e. The van der Waals surface area contributed by atoms with E-state index >= 15 is 0 Å². The monoisotopic (exact) mass is 476 g/mol. The van der Waals surface area contributed by atoms with E-state index in [2.05, 4.69) is 20.0 Å². The second-order valence-electron chi connectivity index (χ2n) is 8.37. The summed E-state index contributed by atoms with van der Waals surface area (Å²) in [4.78, 5) is 20.7. The van der Waals surface area contributed by atoms with Gasteiger partial charge < -0.3 is 5.32 Å². The molecule has 2 atom stereocenters. The summed E-state index contributed by atoms with van der Waals surface area (Å²) in [6, 6.07) is 14.6. The van der Waals surface area contributed by atoms with Crippen LogP contribution in [0.1, 0.15) is 23.5 Å². The molecule has 0 radical (unpaired) electrons. The maximum atomic E-state index is 13.0. The fraction of sp³-hybridized carbons (Fsp3) is 0.160. The Hall–Kier alpha value is -3.85. The Morgan fingerprint density at radius 3 is 2.56 bits per heavy atom. The van der Waals surface area contributed by atoms with Gasteiger partial charge in [0.25, 0.3) is 10.0 Å². The third kappa shape index (κ3) is 4.47. The number of hydrogen-bond acceptors (Lipinski definition) is 5. The maximum Gasteiger partial charge on any atom is 0.263 e. The van der Waals surface area contributed by atoms with Crippen molar-refractivity contribution >= 4 is 38.2 Å². The Morgan fingerprint density at radius 1 is 1.03 bits per heavy atom. The first kappa shape index (κ1) is 22.0. The number of aromatic nitrogens is 2.